The number of carbonyl (C=O) groups excluding carboxylic acids is 2. The van der Waals surface area contributed by atoms with Crippen molar-refractivity contribution >= 4 is 40.0 Å². The van der Waals surface area contributed by atoms with Crippen molar-refractivity contribution in [2.24, 2.45) is 5.92 Å². The molecular formula is C24H28N4O5S2. The first-order valence-electron chi connectivity index (χ1n) is 11.8. The number of amides is 1. The lowest BCUT2D eigenvalue weighted by Gasteiger charge is -2.18. The first-order chi connectivity index (χ1) is 17.0. The Hall–Kier alpha value is -2.63. The number of anilines is 1. The van der Waals surface area contributed by atoms with E-state index in [4.69, 9.17) is 13.9 Å². The molecule has 4 heterocycles. The molecule has 0 saturated carbocycles. The lowest BCUT2D eigenvalue weighted by atomic mass is 9.88. The second kappa shape index (κ2) is 10.5. The first-order valence-corrected chi connectivity index (χ1v) is 13.6. The molecule has 9 nitrogen and oxygen atoms in total. The Bertz CT molecular complexity index is 1200. The van der Waals surface area contributed by atoms with Crippen molar-refractivity contribution in [2.75, 3.05) is 24.8 Å². The van der Waals surface area contributed by atoms with E-state index in [1.165, 1.54) is 30.2 Å². The van der Waals surface area contributed by atoms with Crippen LogP contribution in [-0.4, -0.2) is 52.2 Å². The van der Waals surface area contributed by atoms with Crippen molar-refractivity contribution in [1.82, 2.24) is 14.8 Å². The largest absolute Gasteiger partial charge is 0.465 e. The van der Waals surface area contributed by atoms with Gasteiger partial charge in [-0.25, -0.2) is 4.79 Å². The molecule has 1 amide bonds. The fourth-order valence-electron chi connectivity index (χ4n) is 4.59. The van der Waals surface area contributed by atoms with Gasteiger partial charge in [0.15, 0.2) is 10.9 Å². The highest BCUT2D eigenvalue weighted by Crippen LogP contribution is 2.40. The summed E-state index contributed by atoms with van der Waals surface area (Å²) in [4.78, 5) is 26.6. The third-order valence-corrected chi connectivity index (χ3v) is 8.49. The molecule has 1 fully saturated rings. The van der Waals surface area contributed by atoms with E-state index in [1.54, 1.807) is 12.3 Å². The molecule has 0 aromatic carbocycles. The summed E-state index contributed by atoms with van der Waals surface area (Å²) in [5.41, 5.74) is 1.52. The first kappa shape index (κ1) is 24.1. The second-order valence-electron chi connectivity index (χ2n) is 8.91. The lowest BCUT2D eigenvalue weighted by Crippen LogP contribution is -2.19. The van der Waals surface area contributed by atoms with E-state index in [-0.39, 0.29) is 17.8 Å². The van der Waals surface area contributed by atoms with Gasteiger partial charge in [0, 0.05) is 11.5 Å². The molecule has 1 N–H and O–H groups in total. The average molecular weight is 517 g/mol. The van der Waals surface area contributed by atoms with Crippen LogP contribution >= 0.6 is 23.1 Å². The van der Waals surface area contributed by atoms with Crippen LogP contribution in [0.3, 0.4) is 0 Å². The lowest BCUT2D eigenvalue weighted by molar-refractivity contribution is -0.113. The summed E-state index contributed by atoms with van der Waals surface area (Å²) in [6, 6.07) is 3.64. The number of hydrogen-bond acceptors (Lipinski definition) is 9. The third-order valence-electron chi connectivity index (χ3n) is 6.36. The molecule has 3 aromatic rings. The van der Waals surface area contributed by atoms with E-state index in [0.29, 0.717) is 39.8 Å². The monoisotopic (exact) mass is 516 g/mol. The average Bonchev–Trinajstić information content (AvgIpc) is 3.64. The summed E-state index contributed by atoms with van der Waals surface area (Å²) < 4.78 is 18.3. The molecule has 0 spiro atoms. The summed E-state index contributed by atoms with van der Waals surface area (Å²) in [5, 5.41) is 12.8. The van der Waals surface area contributed by atoms with Crippen molar-refractivity contribution in [3.05, 3.63) is 34.4 Å². The van der Waals surface area contributed by atoms with Crippen LogP contribution in [0.1, 0.15) is 47.0 Å². The van der Waals surface area contributed by atoms with Gasteiger partial charge in [0.1, 0.15) is 5.00 Å². The number of carbonyl (C=O) groups is 2. The molecule has 2 atom stereocenters. The molecule has 1 aliphatic carbocycles. The SMILES string of the molecule is COC(=O)c1c(NC(=O)CSc2nnc(-c3ccco3)n2CC2CCCO2)sc2c1CCC(C)C2. The van der Waals surface area contributed by atoms with Crippen molar-refractivity contribution in [3.8, 4) is 11.6 Å². The summed E-state index contributed by atoms with van der Waals surface area (Å²) >= 11 is 2.78. The molecule has 11 heteroatoms. The minimum atomic E-state index is -0.403. The maximum absolute atomic E-state index is 12.9. The van der Waals surface area contributed by atoms with Crippen molar-refractivity contribution in [3.63, 3.8) is 0 Å². The quantitative estimate of drug-likeness (QED) is 0.346. The molecular weight excluding hydrogens is 488 g/mol. The Morgan fingerprint density at radius 2 is 2.23 bits per heavy atom. The van der Waals surface area contributed by atoms with Gasteiger partial charge in [0.25, 0.3) is 0 Å². The van der Waals surface area contributed by atoms with Gasteiger partial charge in [-0.2, -0.15) is 0 Å². The van der Waals surface area contributed by atoms with E-state index in [2.05, 4.69) is 22.4 Å². The Balaban J connectivity index is 1.32. The van der Waals surface area contributed by atoms with Gasteiger partial charge in [-0.3, -0.25) is 9.36 Å². The molecule has 1 saturated heterocycles. The fraction of sp³-hybridized carbons (Fsp3) is 0.500. The molecule has 0 bridgehead atoms. The van der Waals surface area contributed by atoms with E-state index >= 15 is 0 Å². The second-order valence-corrected chi connectivity index (χ2v) is 11.0. The van der Waals surface area contributed by atoms with Crippen LogP contribution in [0, 0.1) is 5.92 Å². The van der Waals surface area contributed by atoms with Gasteiger partial charge >= 0.3 is 5.97 Å². The number of nitrogens with zero attached hydrogens (tertiary/aromatic N) is 3. The Morgan fingerprint density at radius 1 is 1.34 bits per heavy atom. The molecule has 5 rings (SSSR count). The predicted molar refractivity (Wildman–Crippen MR) is 133 cm³/mol. The van der Waals surface area contributed by atoms with Crippen LogP contribution in [0.25, 0.3) is 11.6 Å². The molecule has 0 radical (unpaired) electrons. The molecule has 1 aliphatic heterocycles. The van der Waals surface area contributed by atoms with Gasteiger partial charge in [-0.05, 0) is 55.7 Å². The number of esters is 1. The summed E-state index contributed by atoms with van der Waals surface area (Å²) in [6.45, 7) is 3.55. The zero-order chi connectivity index (χ0) is 24.4. The van der Waals surface area contributed by atoms with E-state index in [0.717, 1.165) is 49.2 Å². The number of furan rings is 1. The maximum atomic E-state index is 12.9. The van der Waals surface area contributed by atoms with Crippen LogP contribution in [0.2, 0.25) is 0 Å². The van der Waals surface area contributed by atoms with Crippen LogP contribution < -0.4 is 5.32 Å². The standard InChI is InChI=1S/C24H28N4O5S2/c1-14-7-8-16-18(11-14)35-22(20(16)23(30)31-2)25-19(29)13-34-24-27-26-21(17-6-4-10-33-17)28(24)12-15-5-3-9-32-15/h4,6,10,14-15H,3,5,7-9,11-13H2,1-2H3,(H,25,29). The zero-order valence-corrected chi connectivity index (χ0v) is 21.4. The van der Waals surface area contributed by atoms with Crippen molar-refractivity contribution < 1.29 is 23.5 Å². The van der Waals surface area contributed by atoms with Crippen LogP contribution in [0.15, 0.2) is 28.0 Å². The topological polar surface area (TPSA) is 108 Å². The van der Waals surface area contributed by atoms with E-state index in [9.17, 15) is 9.59 Å². The highest BCUT2D eigenvalue weighted by molar-refractivity contribution is 7.99. The Labute approximate surface area is 211 Å². The number of aromatic nitrogens is 3. The Kier molecular flexibility index (Phi) is 7.26. The third kappa shape index (κ3) is 5.17. The van der Waals surface area contributed by atoms with Crippen LogP contribution in [-0.2, 0) is 33.7 Å². The highest BCUT2D eigenvalue weighted by atomic mass is 32.2. The number of methoxy groups -OCH3 is 1. The minimum absolute atomic E-state index is 0.0790. The molecule has 2 aliphatic rings. The van der Waals surface area contributed by atoms with Gasteiger partial charge in [0.2, 0.25) is 11.7 Å². The molecule has 186 valence electrons. The number of thioether (sulfide) groups is 1. The van der Waals surface area contributed by atoms with Crippen molar-refractivity contribution in [1.29, 1.82) is 0 Å². The smallest absolute Gasteiger partial charge is 0.341 e. The van der Waals surface area contributed by atoms with Gasteiger partial charge in [-0.15, -0.1) is 21.5 Å². The number of fused-ring (bicyclic) bond motifs is 1. The van der Waals surface area contributed by atoms with Gasteiger partial charge < -0.3 is 19.2 Å². The fourth-order valence-corrected chi connectivity index (χ4v) is 6.75. The van der Waals surface area contributed by atoms with E-state index in [1.807, 2.05) is 10.6 Å². The summed E-state index contributed by atoms with van der Waals surface area (Å²) in [6.07, 6.45) is 6.44. The number of thiophene rings is 1. The summed E-state index contributed by atoms with van der Waals surface area (Å²) in [5.74, 6) is 1.30. The molecule has 2 unspecified atom stereocenters. The Morgan fingerprint density at radius 3 is 2.97 bits per heavy atom. The predicted octanol–water partition coefficient (Wildman–Crippen LogP) is 4.42. The van der Waals surface area contributed by atoms with Crippen molar-refractivity contribution in [2.45, 2.75) is 56.8 Å². The number of hydrogen-bond donors (Lipinski definition) is 1. The number of ether oxygens (including phenoxy) is 2. The summed E-state index contributed by atoms with van der Waals surface area (Å²) in [7, 11) is 1.37. The molecule has 35 heavy (non-hydrogen) atoms. The van der Waals surface area contributed by atoms with Gasteiger partial charge in [-0.1, -0.05) is 18.7 Å². The minimum Gasteiger partial charge on any atom is -0.465 e. The zero-order valence-electron chi connectivity index (χ0n) is 19.7. The number of rotatable bonds is 8. The maximum Gasteiger partial charge on any atom is 0.341 e. The highest BCUT2D eigenvalue weighted by Gasteiger charge is 2.29. The van der Waals surface area contributed by atoms with Crippen LogP contribution in [0.4, 0.5) is 5.00 Å². The van der Waals surface area contributed by atoms with E-state index < -0.39 is 5.97 Å². The number of nitrogens with one attached hydrogen (secondary N) is 1. The van der Waals surface area contributed by atoms with Crippen LogP contribution in [0.5, 0.6) is 0 Å². The van der Waals surface area contributed by atoms with Gasteiger partial charge in [0.05, 0.1) is 37.3 Å². The normalized spacial score (nSPS) is 19.5. The molecule has 3 aromatic heterocycles.